The number of nitrogens with one attached hydrogen (secondary N) is 2. The van der Waals surface area contributed by atoms with Gasteiger partial charge >= 0.3 is 0 Å². The summed E-state index contributed by atoms with van der Waals surface area (Å²) in [5.41, 5.74) is 4.39. The number of pyridine rings is 1. The number of halogens is 1. The maximum Gasteiger partial charge on any atom is 0.254 e. The van der Waals surface area contributed by atoms with Crippen molar-refractivity contribution in [1.29, 1.82) is 0 Å². The van der Waals surface area contributed by atoms with Crippen molar-refractivity contribution in [1.82, 2.24) is 20.1 Å². The predicted molar refractivity (Wildman–Crippen MR) is 132 cm³/mol. The van der Waals surface area contributed by atoms with Crippen LogP contribution in [-0.4, -0.2) is 32.8 Å². The topological polar surface area (TPSA) is 71.8 Å². The fraction of sp³-hybridized carbons (Fsp3) is 0.269. The first-order valence-electron chi connectivity index (χ1n) is 11.3. The second-order valence-corrected chi connectivity index (χ2v) is 9.01. The van der Waals surface area contributed by atoms with Crippen LogP contribution in [-0.2, 0) is 0 Å². The van der Waals surface area contributed by atoms with Crippen molar-refractivity contribution in [2.75, 3.05) is 5.32 Å². The molecule has 0 radical (unpaired) electrons. The van der Waals surface area contributed by atoms with Crippen LogP contribution >= 0.6 is 11.6 Å². The summed E-state index contributed by atoms with van der Waals surface area (Å²) in [6, 6.07) is 18.2. The van der Waals surface area contributed by atoms with Gasteiger partial charge in [0.05, 0.1) is 28.7 Å². The lowest BCUT2D eigenvalue weighted by Gasteiger charge is -2.30. The van der Waals surface area contributed by atoms with Gasteiger partial charge in [-0.1, -0.05) is 29.8 Å². The van der Waals surface area contributed by atoms with Crippen molar-refractivity contribution in [3.8, 4) is 5.69 Å². The molecular weight excluding hydrogens is 434 g/mol. The third-order valence-electron chi connectivity index (χ3n) is 6.38. The molecule has 1 fully saturated rings. The number of hydrogen-bond donors (Lipinski definition) is 2. The first kappa shape index (κ1) is 21.5. The quantitative estimate of drug-likeness (QED) is 0.411. The lowest BCUT2D eigenvalue weighted by Crippen LogP contribution is -2.40. The highest BCUT2D eigenvalue weighted by atomic mass is 35.5. The van der Waals surface area contributed by atoms with E-state index in [9.17, 15) is 4.79 Å². The summed E-state index contributed by atoms with van der Waals surface area (Å²) in [5.74, 6) is -0.0527. The summed E-state index contributed by atoms with van der Waals surface area (Å²) in [6.45, 7) is 1.93. The van der Waals surface area contributed by atoms with Gasteiger partial charge in [0.1, 0.15) is 0 Å². The second-order valence-electron chi connectivity index (χ2n) is 8.58. The highest BCUT2D eigenvalue weighted by Gasteiger charge is 2.24. The number of anilines is 1. The van der Waals surface area contributed by atoms with E-state index in [4.69, 9.17) is 11.6 Å². The Morgan fingerprint density at radius 1 is 1.03 bits per heavy atom. The van der Waals surface area contributed by atoms with Crippen molar-refractivity contribution >= 4 is 34.1 Å². The molecule has 1 aliphatic rings. The smallest absolute Gasteiger partial charge is 0.254 e. The molecule has 6 nitrogen and oxygen atoms in total. The van der Waals surface area contributed by atoms with E-state index >= 15 is 0 Å². The summed E-state index contributed by atoms with van der Waals surface area (Å²) < 4.78 is 1.81. The van der Waals surface area contributed by atoms with Gasteiger partial charge in [0, 0.05) is 34.4 Å². The van der Waals surface area contributed by atoms with Crippen LogP contribution in [0.4, 0.5) is 5.69 Å². The summed E-state index contributed by atoms with van der Waals surface area (Å²) in [5, 5.41) is 13.1. The van der Waals surface area contributed by atoms with Crippen LogP contribution in [0, 0.1) is 6.92 Å². The molecule has 0 unspecified atom stereocenters. The minimum atomic E-state index is -0.0527. The van der Waals surface area contributed by atoms with Gasteiger partial charge in [0.25, 0.3) is 5.91 Å². The Kier molecular flexibility index (Phi) is 6.01. The Hall–Kier alpha value is -3.38. The Labute approximate surface area is 198 Å². The standard InChI is InChI=1S/C26H26ClN5O/c1-17-23(16-29-32(17)21-5-3-2-4-6-21)26(33)31-20-10-8-19(9-11-20)30-24-13-14-28-25-15-18(27)7-12-22(24)25/h2-7,12-16,19-20H,8-11H2,1H3,(H,28,30)(H,31,33). The maximum absolute atomic E-state index is 12.9. The Morgan fingerprint density at radius 3 is 2.58 bits per heavy atom. The van der Waals surface area contributed by atoms with Crippen LogP contribution in [0.2, 0.25) is 5.02 Å². The Morgan fingerprint density at radius 2 is 1.79 bits per heavy atom. The molecule has 33 heavy (non-hydrogen) atoms. The van der Waals surface area contributed by atoms with E-state index in [1.54, 1.807) is 6.20 Å². The normalized spacial score (nSPS) is 18.2. The van der Waals surface area contributed by atoms with Gasteiger partial charge in [-0.2, -0.15) is 5.10 Å². The van der Waals surface area contributed by atoms with Crippen LogP contribution in [0.15, 0.2) is 67.0 Å². The number of carbonyl (C=O) groups is 1. The van der Waals surface area contributed by atoms with E-state index in [-0.39, 0.29) is 11.9 Å². The van der Waals surface area contributed by atoms with Crippen LogP contribution in [0.25, 0.3) is 16.6 Å². The summed E-state index contributed by atoms with van der Waals surface area (Å²) >= 11 is 6.11. The van der Waals surface area contributed by atoms with E-state index in [1.165, 1.54) is 0 Å². The maximum atomic E-state index is 12.9. The number of nitrogens with zero attached hydrogens (tertiary/aromatic N) is 3. The molecule has 168 valence electrons. The molecule has 2 N–H and O–H groups in total. The van der Waals surface area contributed by atoms with Gasteiger partial charge in [-0.05, 0) is 69.0 Å². The largest absolute Gasteiger partial charge is 0.382 e. The van der Waals surface area contributed by atoms with E-state index in [1.807, 2.05) is 72.4 Å². The first-order valence-corrected chi connectivity index (χ1v) is 11.7. The number of aromatic nitrogens is 3. The summed E-state index contributed by atoms with van der Waals surface area (Å²) in [7, 11) is 0. The lowest BCUT2D eigenvalue weighted by molar-refractivity contribution is 0.0926. The number of fused-ring (bicyclic) bond motifs is 1. The molecule has 1 amide bonds. The molecular formula is C26H26ClN5O. The SMILES string of the molecule is Cc1c(C(=O)NC2CCC(Nc3ccnc4cc(Cl)ccc34)CC2)cnn1-c1ccccc1. The summed E-state index contributed by atoms with van der Waals surface area (Å²) in [4.78, 5) is 17.3. The monoisotopic (exact) mass is 459 g/mol. The lowest BCUT2D eigenvalue weighted by atomic mass is 9.90. The third-order valence-corrected chi connectivity index (χ3v) is 6.62. The van der Waals surface area contributed by atoms with Crippen LogP contribution in [0.5, 0.6) is 0 Å². The number of benzene rings is 2. The van der Waals surface area contributed by atoms with E-state index in [0.717, 1.165) is 53.7 Å². The van der Waals surface area contributed by atoms with Crippen LogP contribution < -0.4 is 10.6 Å². The van der Waals surface area contributed by atoms with Crippen molar-refractivity contribution in [2.24, 2.45) is 0 Å². The molecule has 0 aliphatic heterocycles. The van der Waals surface area contributed by atoms with Gasteiger partial charge in [-0.15, -0.1) is 0 Å². The number of amides is 1. The van der Waals surface area contributed by atoms with Crippen molar-refractivity contribution < 1.29 is 4.79 Å². The number of para-hydroxylation sites is 1. The van der Waals surface area contributed by atoms with Crippen molar-refractivity contribution in [2.45, 2.75) is 44.7 Å². The molecule has 0 saturated heterocycles. The summed E-state index contributed by atoms with van der Waals surface area (Å²) in [6.07, 6.45) is 7.32. The average molecular weight is 460 g/mol. The van der Waals surface area contributed by atoms with Crippen LogP contribution in [0.1, 0.15) is 41.7 Å². The number of carbonyl (C=O) groups excluding carboxylic acids is 1. The van der Waals surface area contributed by atoms with Crippen molar-refractivity contribution in [3.63, 3.8) is 0 Å². The molecule has 2 heterocycles. The predicted octanol–water partition coefficient (Wildman–Crippen LogP) is 5.54. The Bertz CT molecular complexity index is 1280. The second kappa shape index (κ2) is 9.24. The van der Waals surface area contributed by atoms with Gasteiger partial charge in [-0.25, -0.2) is 4.68 Å². The van der Waals surface area contributed by atoms with E-state index in [2.05, 4.69) is 20.7 Å². The molecule has 1 saturated carbocycles. The van der Waals surface area contributed by atoms with Crippen LogP contribution in [0.3, 0.4) is 0 Å². The van der Waals surface area contributed by atoms with E-state index < -0.39 is 0 Å². The molecule has 5 rings (SSSR count). The highest BCUT2D eigenvalue weighted by Crippen LogP contribution is 2.28. The fourth-order valence-corrected chi connectivity index (χ4v) is 4.74. The number of hydrogen-bond acceptors (Lipinski definition) is 4. The molecule has 2 aromatic heterocycles. The minimum Gasteiger partial charge on any atom is -0.382 e. The molecule has 0 atom stereocenters. The number of rotatable bonds is 5. The van der Waals surface area contributed by atoms with Gasteiger partial charge in [0.15, 0.2) is 0 Å². The van der Waals surface area contributed by atoms with Gasteiger partial charge in [-0.3, -0.25) is 9.78 Å². The molecule has 4 aromatic rings. The molecule has 2 aromatic carbocycles. The first-order chi connectivity index (χ1) is 16.1. The zero-order valence-corrected chi connectivity index (χ0v) is 19.2. The zero-order chi connectivity index (χ0) is 22.8. The molecule has 1 aliphatic carbocycles. The minimum absolute atomic E-state index is 0.0527. The third kappa shape index (κ3) is 4.57. The Balaban J connectivity index is 1.19. The highest BCUT2D eigenvalue weighted by molar-refractivity contribution is 6.31. The van der Waals surface area contributed by atoms with Gasteiger partial charge < -0.3 is 10.6 Å². The van der Waals surface area contributed by atoms with Gasteiger partial charge in [0.2, 0.25) is 0 Å². The molecule has 7 heteroatoms. The molecule has 0 bridgehead atoms. The zero-order valence-electron chi connectivity index (χ0n) is 18.5. The van der Waals surface area contributed by atoms with E-state index in [0.29, 0.717) is 16.6 Å². The molecule has 0 spiro atoms. The fourth-order valence-electron chi connectivity index (χ4n) is 4.57. The van der Waals surface area contributed by atoms with Crippen molar-refractivity contribution in [3.05, 3.63) is 83.3 Å². The average Bonchev–Trinajstić information content (AvgIpc) is 3.22.